The zero-order valence-electron chi connectivity index (χ0n) is 9.05. The van der Waals surface area contributed by atoms with E-state index in [4.69, 9.17) is 11.7 Å². The van der Waals surface area contributed by atoms with E-state index in [1.54, 1.807) is 5.53 Å². The normalized spacial score (nSPS) is 10.0. The van der Waals surface area contributed by atoms with E-state index < -0.39 is 37.5 Å². The number of hydrogen-bond donors (Lipinski definition) is 3. The van der Waals surface area contributed by atoms with Crippen LogP contribution in [0.5, 0.6) is 0 Å². The van der Waals surface area contributed by atoms with E-state index in [2.05, 4.69) is 0 Å². The van der Waals surface area contributed by atoms with E-state index in [-0.39, 0.29) is 0 Å². The summed E-state index contributed by atoms with van der Waals surface area (Å²) in [6.07, 6.45) is 0. The van der Waals surface area contributed by atoms with E-state index in [1.165, 1.54) is 0 Å². The standard InChI is InChI=1S/C6H7N7O6/c7-9-10(8)6-4(12(16)17)1-3(11(14)15)2-5(6)13(18)19/h1-2,9H,7-8H2. The first kappa shape index (κ1) is 14.2. The van der Waals surface area contributed by atoms with Crippen LogP contribution in [0, 0.1) is 30.3 Å². The van der Waals surface area contributed by atoms with Crippen molar-refractivity contribution in [2.45, 2.75) is 0 Å². The first-order valence-corrected chi connectivity index (χ1v) is 4.42. The van der Waals surface area contributed by atoms with Crippen LogP contribution >= 0.6 is 0 Å². The fourth-order valence-corrected chi connectivity index (χ4v) is 1.28. The van der Waals surface area contributed by atoms with Gasteiger partial charge >= 0.3 is 11.4 Å². The number of hydrazine groups is 3. The van der Waals surface area contributed by atoms with Gasteiger partial charge in [-0.1, -0.05) is 0 Å². The topological polar surface area (TPSA) is 197 Å². The van der Waals surface area contributed by atoms with E-state index in [9.17, 15) is 30.3 Å². The number of nitrogens with zero attached hydrogens (tertiary/aromatic N) is 4. The maximum absolute atomic E-state index is 10.8. The SMILES string of the molecule is NNN(N)c1c([N+](=O)[O-])cc([N+](=O)[O-])cc1[N+](=O)[O-]. The Bertz CT molecular complexity index is 524. The quantitative estimate of drug-likeness (QED) is 0.356. The lowest BCUT2D eigenvalue weighted by molar-refractivity contribution is -0.402. The van der Waals surface area contributed by atoms with Crippen LogP contribution in [0.3, 0.4) is 0 Å². The Hall–Kier alpha value is -2.90. The van der Waals surface area contributed by atoms with Crippen molar-refractivity contribution in [3.05, 3.63) is 42.5 Å². The molecule has 1 aromatic rings. The third-order valence-corrected chi connectivity index (χ3v) is 2.04. The molecular formula is C6H7N7O6. The van der Waals surface area contributed by atoms with Gasteiger partial charge in [-0.2, -0.15) is 5.53 Å². The lowest BCUT2D eigenvalue weighted by Gasteiger charge is -2.15. The predicted octanol–water partition coefficient (Wildman–Crippen LogP) is -0.530. The molecule has 1 aromatic carbocycles. The molecule has 0 heterocycles. The molecule has 0 bridgehead atoms. The molecule has 1 rings (SSSR count). The first-order chi connectivity index (χ1) is 8.79. The van der Waals surface area contributed by atoms with Gasteiger partial charge in [0, 0.05) is 0 Å². The Kier molecular flexibility index (Phi) is 3.85. The summed E-state index contributed by atoms with van der Waals surface area (Å²) in [5.41, 5.74) is -1.62. The summed E-state index contributed by atoms with van der Waals surface area (Å²) in [5, 5.41) is 32.5. The maximum Gasteiger partial charge on any atom is 0.309 e. The minimum absolute atomic E-state index is 0.319. The summed E-state index contributed by atoms with van der Waals surface area (Å²) in [6, 6.07) is 1.08. The number of nitro benzene ring substituents is 3. The summed E-state index contributed by atoms with van der Waals surface area (Å²) >= 11 is 0. The van der Waals surface area contributed by atoms with Gasteiger partial charge in [-0.15, -0.1) is 0 Å². The molecule has 0 fully saturated rings. The van der Waals surface area contributed by atoms with E-state index >= 15 is 0 Å². The molecule has 0 spiro atoms. The lowest BCUT2D eigenvalue weighted by atomic mass is 10.2. The van der Waals surface area contributed by atoms with Crippen LogP contribution in [0.2, 0.25) is 0 Å². The molecular weight excluding hydrogens is 266 g/mol. The van der Waals surface area contributed by atoms with Crippen LogP contribution in [0.4, 0.5) is 22.7 Å². The number of nitro groups is 3. The lowest BCUT2D eigenvalue weighted by Crippen LogP contribution is -2.48. The van der Waals surface area contributed by atoms with Gasteiger partial charge in [0.25, 0.3) is 5.69 Å². The number of rotatable bonds is 5. The zero-order valence-corrected chi connectivity index (χ0v) is 9.05. The van der Waals surface area contributed by atoms with Crippen molar-refractivity contribution in [1.29, 1.82) is 0 Å². The second-order valence-corrected chi connectivity index (χ2v) is 3.10. The summed E-state index contributed by atoms with van der Waals surface area (Å²) in [7, 11) is 0. The predicted molar refractivity (Wildman–Crippen MR) is 60.4 cm³/mol. The molecule has 0 saturated carbocycles. The minimum Gasteiger partial charge on any atom is -0.258 e. The smallest absolute Gasteiger partial charge is 0.258 e. The van der Waals surface area contributed by atoms with Gasteiger partial charge in [-0.3, -0.25) is 36.2 Å². The van der Waals surface area contributed by atoms with Gasteiger partial charge in [0.05, 0.1) is 26.9 Å². The zero-order chi connectivity index (χ0) is 14.7. The van der Waals surface area contributed by atoms with Crippen molar-refractivity contribution < 1.29 is 14.8 Å². The largest absolute Gasteiger partial charge is 0.309 e. The molecule has 5 N–H and O–H groups in total. The monoisotopic (exact) mass is 273 g/mol. The van der Waals surface area contributed by atoms with Crippen molar-refractivity contribution in [2.24, 2.45) is 11.7 Å². The minimum atomic E-state index is -1.05. The molecule has 0 radical (unpaired) electrons. The average Bonchev–Trinajstić information content (AvgIpc) is 2.35. The Balaban J connectivity index is 3.70. The molecule has 0 saturated heterocycles. The molecule has 13 heteroatoms. The third-order valence-electron chi connectivity index (χ3n) is 2.04. The highest BCUT2D eigenvalue weighted by Crippen LogP contribution is 2.39. The van der Waals surface area contributed by atoms with Crippen molar-refractivity contribution in [2.75, 3.05) is 5.12 Å². The molecule has 102 valence electrons. The average molecular weight is 273 g/mol. The number of hydrogen-bond acceptors (Lipinski definition) is 10. The fourth-order valence-electron chi connectivity index (χ4n) is 1.28. The van der Waals surface area contributed by atoms with Gasteiger partial charge in [-0.05, 0) is 0 Å². The molecule has 0 atom stereocenters. The van der Waals surface area contributed by atoms with Gasteiger partial charge in [0.1, 0.15) is 0 Å². The second kappa shape index (κ2) is 5.17. The van der Waals surface area contributed by atoms with Gasteiger partial charge < -0.3 is 0 Å². The molecule has 13 nitrogen and oxygen atoms in total. The number of benzene rings is 1. The summed E-state index contributed by atoms with van der Waals surface area (Å²) in [6.45, 7) is 0. The number of nitrogens with one attached hydrogen (secondary N) is 1. The maximum atomic E-state index is 10.8. The Morgan fingerprint density at radius 1 is 1.00 bits per heavy atom. The highest BCUT2D eigenvalue weighted by molar-refractivity contribution is 5.77. The van der Waals surface area contributed by atoms with Crippen molar-refractivity contribution in [1.82, 2.24) is 5.53 Å². The number of nitrogens with two attached hydrogens (primary N) is 2. The molecule has 19 heavy (non-hydrogen) atoms. The Labute approximate surface area is 103 Å². The Morgan fingerprint density at radius 3 is 1.68 bits per heavy atom. The summed E-state index contributed by atoms with van der Waals surface area (Å²) in [4.78, 5) is 29.1. The van der Waals surface area contributed by atoms with Gasteiger partial charge in [0.15, 0.2) is 0 Å². The van der Waals surface area contributed by atoms with Crippen LogP contribution in [0.25, 0.3) is 0 Å². The van der Waals surface area contributed by atoms with Crippen LogP contribution in [0.1, 0.15) is 0 Å². The summed E-state index contributed by atoms with van der Waals surface area (Å²) in [5.74, 6) is 10.1. The van der Waals surface area contributed by atoms with Crippen LogP contribution in [-0.2, 0) is 0 Å². The highest BCUT2D eigenvalue weighted by Gasteiger charge is 2.33. The number of anilines is 1. The highest BCUT2D eigenvalue weighted by atomic mass is 16.6. The van der Waals surface area contributed by atoms with Gasteiger partial charge in [0.2, 0.25) is 5.69 Å². The Morgan fingerprint density at radius 2 is 1.42 bits per heavy atom. The van der Waals surface area contributed by atoms with Crippen molar-refractivity contribution >= 4 is 22.7 Å². The van der Waals surface area contributed by atoms with E-state index in [0.29, 0.717) is 17.3 Å². The third kappa shape index (κ3) is 2.68. The second-order valence-electron chi connectivity index (χ2n) is 3.10. The van der Waals surface area contributed by atoms with Crippen molar-refractivity contribution in [3.8, 4) is 0 Å². The number of non-ortho nitro benzene ring substituents is 1. The van der Waals surface area contributed by atoms with E-state index in [0.717, 1.165) is 0 Å². The van der Waals surface area contributed by atoms with Crippen LogP contribution < -0.4 is 22.3 Å². The fraction of sp³-hybridized carbons (Fsp3) is 0. The van der Waals surface area contributed by atoms with Crippen LogP contribution in [-0.4, -0.2) is 14.8 Å². The van der Waals surface area contributed by atoms with Gasteiger partial charge in [-0.25, -0.2) is 11.0 Å². The molecule has 0 amide bonds. The van der Waals surface area contributed by atoms with E-state index in [1.807, 2.05) is 0 Å². The molecule has 0 aliphatic carbocycles. The molecule has 0 aliphatic heterocycles. The molecule has 0 aliphatic rings. The summed E-state index contributed by atoms with van der Waals surface area (Å²) < 4.78 is 0. The van der Waals surface area contributed by atoms with Crippen LogP contribution in [0.15, 0.2) is 12.1 Å². The first-order valence-electron chi connectivity index (χ1n) is 4.42. The molecule has 0 aromatic heterocycles. The molecule has 0 unspecified atom stereocenters. The van der Waals surface area contributed by atoms with Crippen molar-refractivity contribution in [3.63, 3.8) is 0 Å².